The molecule has 0 spiro atoms. The zero-order valence-corrected chi connectivity index (χ0v) is 17.4. The molecule has 2 aliphatic rings. The van der Waals surface area contributed by atoms with Crippen LogP contribution < -0.4 is 9.47 Å². The van der Waals surface area contributed by atoms with Crippen LogP contribution in [0.25, 0.3) is 11.2 Å². The number of aliphatic hydroxyl groups is 1. The first-order chi connectivity index (χ1) is 15.8. The minimum atomic E-state index is -1.46. The van der Waals surface area contributed by atoms with Gasteiger partial charge in [0.1, 0.15) is 41.6 Å². The van der Waals surface area contributed by atoms with Crippen LogP contribution in [0.15, 0.2) is 18.2 Å². The molecule has 0 saturated carbocycles. The average molecular weight is 484 g/mol. The Kier molecular flexibility index (Phi) is 5.52. The van der Waals surface area contributed by atoms with E-state index in [0.717, 1.165) is 0 Å². The largest absolute Gasteiger partial charge is 0.478 e. The molecule has 5 rings (SSSR count). The summed E-state index contributed by atoms with van der Waals surface area (Å²) in [4.78, 5) is 22.2. The van der Waals surface area contributed by atoms with Crippen LogP contribution in [0, 0.1) is 11.6 Å². The lowest BCUT2D eigenvalue weighted by molar-refractivity contribution is 0.00706. The number of aromatic amines is 1. The van der Waals surface area contributed by atoms with Gasteiger partial charge in [0.15, 0.2) is 11.8 Å². The Labute approximate surface area is 189 Å². The molecule has 4 heterocycles. The molecule has 4 atom stereocenters. The predicted octanol–water partition coefficient (Wildman–Crippen LogP) is 2.07. The fourth-order valence-electron chi connectivity index (χ4n) is 3.73. The van der Waals surface area contributed by atoms with Crippen molar-refractivity contribution in [2.75, 3.05) is 13.2 Å². The predicted molar refractivity (Wildman–Crippen MR) is 106 cm³/mol. The second kappa shape index (κ2) is 8.37. The number of ether oxygens (including phenoxy) is 4. The number of carboxylic acid groups (broad SMARTS) is 1. The van der Waals surface area contributed by atoms with Crippen molar-refractivity contribution in [1.29, 1.82) is 0 Å². The first-order valence-corrected chi connectivity index (χ1v) is 10.2. The number of imidazole rings is 1. The molecule has 10 nitrogen and oxygen atoms in total. The third-order valence-corrected chi connectivity index (χ3v) is 5.63. The van der Waals surface area contributed by atoms with E-state index in [9.17, 15) is 18.7 Å². The highest BCUT2D eigenvalue weighted by atomic mass is 35.5. The standard InChI is InChI=1S/C20H16ClF2N3O7/c21-9-3-12-17(26-20(24-12)33-14-6-31-15-13(27)5-30-16(14)15)25-18(9)32-4-8-10(22)1-7(19(28)29)2-11(8)23/h1-3,13-16,27H,4-6H2,(H,28,29)(H,24,25,26)/t13-,14-,15-,16-/m1/s1. The van der Waals surface area contributed by atoms with E-state index in [1.54, 1.807) is 0 Å². The molecule has 0 amide bonds. The quantitative estimate of drug-likeness (QED) is 0.481. The lowest BCUT2D eigenvalue weighted by Gasteiger charge is -2.15. The van der Waals surface area contributed by atoms with E-state index >= 15 is 0 Å². The highest BCUT2D eigenvalue weighted by Crippen LogP contribution is 2.31. The number of pyridine rings is 1. The van der Waals surface area contributed by atoms with Crippen LogP contribution in [0.3, 0.4) is 0 Å². The van der Waals surface area contributed by atoms with E-state index < -0.39 is 59.8 Å². The number of aromatic carboxylic acids is 1. The van der Waals surface area contributed by atoms with Gasteiger partial charge in [-0.25, -0.2) is 13.6 Å². The lowest BCUT2D eigenvalue weighted by Crippen LogP contribution is -2.34. The number of carbonyl (C=O) groups is 1. The van der Waals surface area contributed by atoms with E-state index in [2.05, 4.69) is 15.0 Å². The van der Waals surface area contributed by atoms with Gasteiger partial charge in [0, 0.05) is 0 Å². The number of hydrogen-bond acceptors (Lipinski definition) is 8. The van der Waals surface area contributed by atoms with Crippen LogP contribution in [0.1, 0.15) is 15.9 Å². The molecule has 0 aliphatic carbocycles. The monoisotopic (exact) mass is 483 g/mol. The minimum Gasteiger partial charge on any atom is -0.478 e. The maximum absolute atomic E-state index is 14.1. The SMILES string of the molecule is O=C(O)c1cc(F)c(COc2nc3nc(O[C@@H]4CO[C@H]5[C@@H]4OC[C@H]5O)[nH]c3cc2Cl)c(F)c1. The van der Waals surface area contributed by atoms with E-state index in [-0.39, 0.29) is 35.8 Å². The first-order valence-electron chi connectivity index (χ1n) is 9.78. The van der Waals surface area contributed by atoms with Crippen LogP contribution in [-0.4, -0.2) is 68.8 Å². The number of halogens is 3. The number of nitrogens with zero attached hydrogens (tertiary/aromatic N) is 2. The molecule has 2 aliphatic heterocycles. The van der Waals surface area contributed by atoms with Crippen molar-refractivity contribution in [2.24, 2.45) is 0 Å². The van der Waals surface area contributed by atoms with Gasteiger partial charge in [-0.15, -0.1) is 0 Å². The summed E-state index contributed by atoms with van der Waals surface area (Å²) in [5.41, 5.74) is -0.395. The Bertz CT molecular complexity index is 1220. The minimum absolute atomic E-state index is 0.0483. The van der Waals surface area contributed by atoms with Crippen molar-refractivity contribution in [3.63, 3.8) is 0 Å². The molecule has 174 valence electrons. The molecule has 2 saturated heterocycles. The van der Waals surface area contributed by atoms with Gasteiger partial charge in [-0.05, 0) is 18.2 Å². The van der Waals surface area contributed by atoms with Gasteiger partial charge in [-0.3, -0.25) is 0 Å². The molecule has 33 heavy (non-hydrogen) atoms. The molecule has 2 aromatic heterocycles. The van der Waals surface area contributed by atoms with E-state index in [1.165, 1.54) is 6.07 Å². The molecule has 0 bridgehead atoms. The number of aromatic nitrogens is 3. The van der Waals surface area contributed by atoms with Crippen molar-refractivity contribution in [3.8, 4) is 11.9 Å². The van der Waals surface area contributed by atoms with Crippen molar-refractivity contribution in [3.05, 3.63) is 46.0 Å². The average Bonchev–Trinajstić information content (AvgIpc) is 3.44. The summed E-state index contributed by atoms with van der Waals surface area (Å²) in [5, 5.41) is 18.8. The van der Waals surface area contributed by atoms with E-state index in [1.807, 2.05) is 0 Å². The molecule has 0 unspecified atom stereocenters. The van der Waals surface area contributed by atoms with Crippen LogP contribution in [-0.2, 0) is 16.1 Å². The van der Waals surface area contributed by atoms with Gasteiger partial charge in [0.05, 0.1) is 29.9 Å². The first kappa shape index (κ1) is 21.8. The third-order valence-electron chi connectivity index (χ3n) is 5.36. The van der Waals surface area contributed by atoms with Gasteiger partial charge in [0.25, 0.3) is 6.01 Å². The van der Waals surface area contributed by atoms with Gasteiger partial charge in [-0.1, -0.05) is 11.6 Å². The molecule has 1 aromatic carbocycles. The number of carboxylic acids is 1. The normalized spacial score (nSPS) is 24.2. The number of fused-ring (bicyclic) bond motifs is 2. The zero-order chi connectivity index (χ0) is 23.3. The van der Waals surface area contributed by atoms with Crippen LogP contribution in [0.2, 0.25) is 5.02 Å². The number of benzene rings is 1. The summed E-state index contributed by atoms with van der Waals surface area (Å²) < 4.78 is 50.5. The molecule has 13 heteroatoms. The summed E-state index contributed by atoms with van der Waals surface area (Å²) in [6.45, 7) is -0.205. The molecular formula is C20H16ClF2N3O7. The number of nitrogens with one attached hydrogen (secondary N) is 1. The highest BCUT2D eigenvalue weighted by Gasteiger charge is 2.48. The van der Waals surface area contributed by atoms with Gasteiger partial charge in [-0.2, -0.15) is 9.97 Å². The Morgan fingerprint density at radius 2 is 1.91 bits per heavy atom. The molecular weight excluding hydrogens is 468 g/mol. The summed E-state index contributed by atoms with van der Waals surface area (Å²) in [6.07, 6.45) is -2.09. The highest BCUT2D eigenvalue weighted by molar-refractivity contribution is 6.32. The third kappa shape index (κ3) is 4.06. The fourth-order valence-corrected chi connectivity index (χ4v) is 3.94. The number of H-pyrrole nitrogens is 1. The Balaban J connectivity index is 1.32. The molecule has 2 fully saturated rings. The Morgan fingerprint density at radius 3 is 2.64 bits per heavy atom. The van der Waals surface area contributed by atoms with E-state index in [0.29, 0.717) is 17.6 Å². The second-order valence-corrected chi connectivity index (χ2v) is 7.93. The fraction of sp³-hybridized carbons (Fsp3) is 0.350. The maximum atomic E-state index is 14.1. The number of rotatable bonds is 6. The summed E-state index contributed by atoms with van der Waals surface area (Å²) in [7, 11) is 0. The second-order valence-electron chi connectivity index (χ2n) is 7.52. The molecule has 3 aromatic rings. The van der Waals surface area contributed by atoms with Crippen molar-refractivity contribution < 1.29 is 42.7 Å². The maximum Gasteiger partial charge on any atom is 0.335 e. The van der Waals surface area contributed by atoms with Crippen molar-refractivity contribution >= 4 is 28.7 Å². The zero-order valence-electron chi connectivity index (χ0n) is 16.6. The summed E-state index contributed by atoms with van der Waals surface area (Å²) >= 11 is 6.18. The summed E-state index contributed by atoms with van der Waals surface area (Å²) in [6, 6.07) is 2.98. The van der Waals surface area contributed by atoms with Crippen LogP contribution in [0.5, 0.6) is 11.9 Å². The molecule has 0 radical (unpaired) electrons. The lowest BCUT2D eigenvalue weighted by atomic mass is 10.1. The Morgan fingerprint density at radius 1 is 1.18 bits per heavy atom. The van der Waals surface area contributed by atoms with Crippen molar-refractivity contribution in [1.82, 2.24) is 15.0 Å². The Hall–Kier alpha value is -3.06. The smallest absolute Gasteiger partial charge is 0.335 e. The van der Waals surface area contributed by atoms with Crippen LogP contribution in [0.4, 0.5) is 8.78 Å². The van der Waals surface area contributed by atoms with E-state index in [4.69, 9.17) is 35.7 Å². The molecule has 3 N–H and O–H groups in total. The van der Waals surface area contributed by atoms with Crippen molar-refractivity contribution in [2.45, 2.75) is 31.0 Å². The number of hydrogen-bond donors (Lipinski definition) is 3. The van der Waals surface area contributed by atoms with Gasteiger partial charge in [0.2, 0.25) is 5.88 Å². The van der Waals surface area contributed by atoms with Gasteiger partial charge < -0.3 is 34.1 Å². The number of aliphatic hydroxyl groups excluding tert-OH is 1. The topological polar surface area (TPSA) is 136 Å². The van der Waals surface area contributed by atoms with Crippen LogP contribution >= 0.6 is 11.6 Å². The van der Waals surface area contributed by atoms with Gasteiger partial charge >= 0.3 is 5.97 Å². The summed E-state index contributed by atoms with van der Waals surface area (Å²) in [5.74, 6) is -3.73.